The van der Waals surface area contributed by atoms with Gasteiger partial charge < -0.3 is 19.3 Å². The van der Waals surface area contributed by atoms with Gasteiger partial charge in [-0.15, -0.1) is 0 Å². The van der Waals surface area contributed by atoms with Crippen LogP contribution in [-0.2, 0) is 36.7 Å². The molecule has 2 N–H and O–H groups in total. The number of nitrogens with zero attached hydrogens (tertiary/aromatic N) is 10. The third-order valence-corrected chi connectivity index (χ3v) is 10.3. The minimum Gasteiger partial charge on any atom is -0.349 e. The molecule has 0 amide bonds. The van der Waals surface area contributed by atoms with E-state index < -0.39 is 65.7 Å². The number of hydrogen-bond donors (Lipinski definition) is 2. The van der Waals surface area contributed by atoms with Crippen LogP contribution in [0.1, 0.15) is 25.3 Å². The topological polar surface area (TPSA) is 226 Å². The number of ether oxygens (including phenoxy) is 2. The van der Waals surface area contributed by atoms with Gasteiger partial charge in [0.1, 0.15) is 49.5 Å². The summed E-state index contributed by atoms with van der Waals surface area (Å²) in [6, 6.07) is 0. The predicted molar refractivity (Wildman–Crippen MR) is 151 cm³/mol. The van der Waals surface area contributed by atoms with Gasteiger partial charge in [0.25, 0.3) is 0 Å². The standard InChI is InChI=1S/C24H24N10O10P2/c35-45(36)40-8-16-14(6-18(42-16)34-12-28-20-22-26-2-4-32(22)10-30-24(20)34)44-46(37,38)39-7-15-13(43-45)5-17(41-15)33-11-27-19-21-25-1-3-31(21)9-29-23(19)33/h1-4,9-18H,5-8H2,(H,35,36)(H,37,38)/t13-,14-,15+,16+,17+,18+/m0/s1. The summed E-state index contributed by atoms with van der Waals surface area (Å²) in [5, 5.41) is 0. The summed E-state index contributed by atoms with van der Waals surface area (Å²) in [6.07, 6.45) is 7.13. The van der Waals surface area contributed by atoms with E-state index in [0.29, 0.717) is 33.6 Å². The van der Waals surface area contributed by atoms with Crippen molar-refractivity contribution in [2.75, 3.05) is 13.2 Å². The first-order valence-corrected chi connectivity index (χ1v) is 17.1. The maximum absolute atomic E-state index is 13.2. The molecule has 3 aliphatic heterocycles. The van der Waals surface area contributed by atoms with E-state index >= 15 is 0 Å². The zero-order valence-electron chi connectivity index (χ0n) is 23.4. The summed E-state index contributed by atoms with van der Waals surface area (Å²) in [6.45, 7) is -1.00. The van der Waals surface area contributed by atoms with Crippen LogP contribution < -0.4 is 0 Å². The van der Waals surface area contributed by atoms with Crippen molar-refractivity contribution in [3.8, 4) is 0 Å². The van der Waals surface area contributed by atoms with E-state index in [-0.39, 0.29) is 12.8 Å². The van der Waals surface area contributed by atoms with Crippen molar-refractivity contribution in [3.05, 3.63) is 50.1 Å². The third-order valence-electron chi connectivity index (χ3n) is 8.23. The monoisotopic (exact) mass is 674 g/mol. The van der Waals surface area contributed by atoms with E-state index in [4.69, 9.17) is 27.6 Å². The fourth-order valence-electron chi connectivity index (χ4n) is 6.12. The minimum atomic E-state index is -4.70. The molecule has 0 bridgehead atoms. The lowest BCUT2D eigenvalue weighted by molar-refractivity contribution is -0.0661. The molecule has 0 spiro atoms. The van der Waals surface area contributed by atoms with Crippen LogP contribution in [0.15, 0.2) is 50.1 Å². The molecule has 6 aromatic rings. The zero-order valence-corrected chi connectivity index (χ0v) is 25.2. The van der Waals surface area contributed by atoms with E-state index in [9.17, 15) is 18.9 Å². The van der Waals surface area contributed by atoms with Gasteiger partial charge in [-0.25, -0.2) is 39.0 Å². The Morgan fingerprint density at radius 2 is 1.07 bits per heavy atom. The Labute approximate surface area is 256 Å². The highest BCUT2D eigenvalue weighted by atomic mass is 31.2. The van der Waals surface area contributed by atoms with E-state index in [2.05, 4.69) is 29.9 Å². The Balaban J connectivity index is 0.969. The van der Waals surface area contributed by atoms with Crippen LogP contribution in [0.5, 0.6) is 0 Å². The molecule has 0 aliphatic carbocycles. The average Bonchev–Trinajstić information content (AvgIpc) is 3.85. The van der Waals surface area contributed by atoms with Gasteiger partial charge in [-0.3, -0.25) is 36.0 Å². The second-order valence-electron chi connectivity index (χ2n) is 11.0. The van der Waals surface area contributed by atoms with Gasteiger partial charge in [-0.05, 0) is 0 Å². The Bertz CT molecular complexity index is 2060. The lowest BCUT2D eigenvalue weighted by Gasteiger charge is -2.26. The van der Waals surface area contributed by atoms with Crippen LogP contribution in [0.4, 0.5) is 0 Å². The molecular formula is C24H24N10O10P2. The van der Waals surface area contributed by atoms with Crippen molar-refractivity contribution in [3.63, 3.8) is 0 Å². The normalized spacial score (nSPS) is 34.2. The molecule has 46 heavy (non-hydrogen) atoms. The summed E-state index contributed by atoms with van der Waals surface area (Å²) < 4.78 is 67.0. The molecule has 3 fully saturated rings. The molecule has 3 aliphatic rings. The molecule has 0 radical (unpaired) electrons. The summed E-state index contributed by atoms with van der Waals surface area (Å²) in [5.74, 6) is 0. The van der Waals surface area contributed by atoms with Crippen LogP contribution in [0.25, 0.3) is 33.6 Å². The summed E-state index contributed by atoms with van der Waals surface area (Å²) in [7, 11) is -9.41. The van der Waals surface area contributed by atoms with Gasteiger partial charge in [-0.2, -0.15) is 0 Å². The fraction of sp³-hybridized carbons (Fsp3) is 0.417. The van der Waals surface area contributed by atoms with Crippen LogP contribution in [0.2, 0.25) is 0 Å². The second-order valence-corrected chi connectivity index (χ2v) is 13.8. The van der Waals surface area contributed by atoms with E-state index in [1.54, 1.807) is 55.4 Å². The van der Waals surface area contributed by atoms with Crippen molar-refractivity contribution in [1.82, 2.24) is 47.8 Å². The number of rotatable bonds is 2. The molecule has 3 saturated heterocycles. The summed E-state index contributed by atoms with van der Waals surface area (Å²) in [4.78, 5) is 47.8. The maximum Gasteiger partial charge on any atom is 0.472 e. The molecule has 0 aromatic carbocycles. The largest absolute Gasteiger partial charge is 0.472 e. The van der Waals surface area contributed by atoms with Crippen molar-refractivity contribution in [2.24, 2.45) is 0 Å². The molecule has 8 atom stereocenters. The Morgan fingerprint density at radius 3 is 1.52 bits per heavy atom. The number of fused-ring (bicyclic) bond motifs is 8. The number of hydrogen-bond acceptors (Lipinski definition) is 14. The third kappa shape index (κ3) is 4.77. The first-order chi connectivity index (χ1) is 22.2. The smallest absolute Gasteiger partial charge is 0.349 e. The van der Waals surface area contributed by atoms with Crippen molar-refractivity contribution < 1.29 is 46.5 Å². The Hall–Kier alpha value is -3.68. The first kappa shape index (κ1) is 28.5. The Morgan fingerprint density at radius 1 is 0.609 bits per heavy atom. The van der Waals surface area contributed by atoms with Crippen LogP contribution in [0.3, 0.4) is 0 Å². The van der Waals surface area contributed by atoms with Crippen molar-refractivity contribution >= 4 is 49.3 Å². The van der Waals surface area contributed by atoms with Crippen molar-refractivity contribution in [1.29, 1.82) is 0 Å². The van der Waals surface area contributed by atoms with Gasteiger partial charge in [-0.1, -0.05) is 0 Å². The van der Waals surface area contributed by atoms with Gasteiger partial charge in [0, 0.05) is 37.6 Å². The number of aromatic nitrogens is 10. The zero-order chi connectivity index (χ0) is 31.2. The summed E-state index contributed by atoms with van der Waals surface area (Å²) >= 11 is 0. The lowest BCUT2D eigenvalue weighted by atomic mass is 10.2. The van der Waals surface area contributed by atoms with Crippen LogP contribution in [-0.4, -0.2) is 95.3 Å². The molecule has 22 heteroatoms. The lowest BCUT2D eigenvalue weighted by Crippen LogP contribution is -2.32. The number of phosphoric acid groups is 2. The maximum atomic E-state index is 13.2. The van der Waals surface area contributed by atoms with E-state index in [1.807, 2.05) is 0 Å². The molecule has 9 rings (SSSR count). The highest BCUT2D eigenvalue weighted by molar-refractivity contribution is 7.47. The molecule has 20 nitrogen and oxygen atoms in total. The SMILES string of the molecule is O=P1(O)OC[C@H]2O[C@@H](n3cnc4c3ncn3ccnc43)C[C@@H]2OP(=O)(O)OC[C@H]2O[C@@H](n3cnc4c3ncn3ccnc43)C[C@@H]2O1. The molecule has 0 saturated carbocycles. The average molecular weight is 674 g/mol. The van der Waals surface area contributed by atoms with Crippen molar-refractivity contribution in [2.45, 2.75) is 49.7 Å². The van der Waals surface area contributed by atoms with Gasteiger partial charge in [0.15, 0.2) is 33.6 Å². The highest BCUT2D eigenvalue weighted by Gasteiger charge is 2.47. The van der Waals surface area contributed by atoms with Gasteiger partial charge in [0.2, 0.25) is 0 Å². The quantitative estimate of drug-likeness (QED) is 0.250. The summed E-state index contributed by atoms with van der Waals surface area (Å²) in [5.41, 5.74) is 3.11. The molecule has 6 aromatic heterocycles. The second kappa shape index (κ2) is 10.4. The first-order valence-electron chi connectivity index (χ1n) is 14.1. The highest BCUT2D eigenvalue weighted by Crippen LogP contribution is 2.53. The Kier molecular flexibility index (Phi) is 6.46. The fourth-order valence-corrected chi connectivity index (χ4v) is 8.04. The predicted octanol–water partition coefficient (Wildman–Crippen LogP) is 1.76. The molecular weight excluding hydrogens is 650 g/mol. The molecule has 240 valence electrons. The molecule has 9 heterocycles. The minimum absolute atomic E-state index is 0.0421. The van der Waals surface area contributed by atoms with Gasteiger partial charge in [0.05, 0.1) is 25.9 Å². The number of imidazole rings is 4. The van der Waals surface area contributed by atoms with Crippen LogP contribution >= 0.6 is 15.6 Å². The van der Waals surface area contributed by atoms with Gasteiger partial charge >= 0.3 is 15.6 Å². The number of phosphoric ester groups is 2. The molecule has 2 unspecified atom stereocenters. The van der Waals surface area contributed by atoms with Crippen LogP contribution in [0, 0.1) is 0 Å². The van der Waals surface area contributed by atoms with E-state index in [0.717, 1.165) is 0 Å². The van der Waals surface area contributed by atoms with E-state index in [1.165, 1.54) is 12.7 Å².